The van der Waals surface area contributed by atoms with Crippen molar-refractivity contribution in [1.82, 2.24) is 18.8 Å². The van der Waals surface area contributed by atoms with Gasteiger partial charge in [-0.1, -0.05) is 6.07 Å². The lowest BCUT2D eigenvalue weighted by Gasteiger charge is -2.15. The minimum absolute atomic E-state index is 0.00765. The average Bonchev–Trinajstić information content (AvgIpc) is 3.39. The molecule has 1 N–H and O–H groups in total. The van der Waals surface area contributed by atoms with Crippen molar-refractivity contribution in [1.29, 1.82) is 0 Å². The summed E-state index contributed by atoms with van der Waals surface area (Å²) in [5.74, 6) is 0. The summed E-state index contributed by atoms with van der Waals surface area (Å²) in [5, 5.41) is 0.168. The highest BCUT2D eigenvalue weighted by Gasteiger charge is 2.41. The van der Waals surface area contributed by atoms with E-state index in [4.69, 9.17) is 0 Å². The Bertz CT molecular complexity index is 1290. The van der Waals surface area contributed by atoms with Crippen LogP contribution in [0.1, 0.15) is 25.5 Å². The number of benzene rings is 1. The van der Waals surface area contributed by atoms with Crippen LogP contribution in [0, 0.1) is 0 Å². The summed E-state index contributed by atoms with van der Waals surface area (Å²) < 4.78 is 30.4. The van der Waals surface area contributed by atoms with Crippen LogP contribution in [0.25, 0.3) is 10.9 Å². The van der Waals surface area contributed by atoms with Crippen LogP contribution in [0.4, 0.5) is 0 Å². The van der Waals surface area contributed by atoms with Crippen LogP contribution in [0.5, 0.6) is 0 Å². The minimum Gasteiger partial charge on any atom is -0.287 e. The Balaban J connectivity index is 1.88. The standard InChI is InChI=1S/C19H20N4O4S/c1-19(8-9-19)21-28(26,27)14-6-7-16-15(11-14)17(24)22(2)18(25)23(16)12-13-5-3-4-10-20-13/h3-7,10-11,21H,8-9,12H2,1-2H3. The molecule has 146 valence electrons. The minimum atomic E-state index is -3.76. The zero-order chi connectivity index (χ0) is 20.1. The van der Waals surface area contributed by atoms with Crippen molar-refractivity contribution >= 4 is 20.9 Å². The van der Waals surface area contributed by atoms with Crippen LogP contribution < -0.4 is 16.0 Å². The van der Waals surface area contributed by atoms with E-state index in [-0.39, 0.29) is 16.8 Å². The Kier molecular flexibility index (Phi) is 4.24. The van der Waals surface area contributed by atoms with Gasteiger partial charge in [0.25, 0.3) is 5.56 Å². The zero-order valence-corrected chi connectivity index (χ0v) is 16.4. The second-order valence-electron chi connectivity index (χ2n) is 7.40. The molecule has 1 saturated carbocycles. The lowest BCUT2D eigenvalue weighted by Crippen LogP contribution is -2.39. The molecule has 1 aliphatic rings. The SMILES string of the molecule is Cn1c(=O)c2cc(S(=O)(=O)NC3(C)CC3)ccc2n(Cc2ccccn2)c1=O. The third-order valence-electron chi connectivity index (χ3n) is 5.05. The maximum Gasteiger partial charge on any atom is 0.331 e. The van der Waals surface area contributed by atoms with Gasteiger partial charge in [-0.15, -0.1) is 0 Å². The third-order valence-corrected chi connectivity index (χ3v) is 6.69. The number of nitrogens with zero attached hydrogens (tertiary/aromatic N) is 3. The number of fused-ring (bicyclic) bond motifs is 1. The Hall–Kier alpha value is -2.78. The van der Waals surface area contributed by atoms with E-state index in [1.165, 1.54) is 29.8 Å². The van der Waals surface area contributed by atoms with Gasteiger partial charge >= 0.3 is 5.69 Å². The van der Waals surface area contributed by atoms with Gasteiger partial charge in [0.15, 0.2) is 0 Å². The van der Waals surface area contributed by atoms with Gasteiger partial charge in [-0.2, -0.15) is 0 Å². The van der Waals surface area contributed by atoms with Crippen LogP contribution in [0.3, 0.4) is 0 Å². The average molecular weight is 400 g/mol. The van der Waals surface area contributed by atoms with Crippen molar-refractivity contribution in [3.63, 3.8) is 0 Å². The molecule has 0 bridgehead atoms. The summed E-state index contributed by atoms with van der Waals surface area (Å²) in [7, 11) is -2.38. The lowest BCUT2D eigenvalue weighted by molar-refractivity contribution is 0.558. The van der Waals surface area contributed by atoms with E-state index >= 15 is 0 Å². The van der Waals surface area contributed by atoms with Crippen molar-refractivity contribution in [2.75, 3.05) is 0 Å². The van der Waals surface area contributed by atoms with Crippen LogP contribution in [0.15, 0.2) is 57.1 Å². The number of aromatic nitrogens is 3. The van der Waals surface area contributed by atoms with E-state index in [1.807, 2.05) is 13.0 Å². The molecule has 0 spiro atoms. The van der Waals surface area contributed by atoms with Gasteiger partial charge in [-0.25, -0.2) is 17.9 Å². The summed E-state index contributed by atoms with van der Waals surface area (Å²) in [5.41, 5.74) is -0.412. The predicted octanol–water partition coefficient (Wildman–Crippen LogP) is 0.974. The van der Waals surface area contributed by atoms with Gasteiger partial charge in [0.2, 0.25) is 10.0 Å². The molecule has 28 heavy (non-hydrogen) atoms. The van der Waals surface area contributed by atoms with E-state index in [2.05, 4.69) is 9.71 Å². The van der Waals surface area contributed by atoms with E-state index in [0.29, 0.717) is 11.2 Å². The summed E-state index contributed by atoms with van der Waals surface area (Å²) in [4.78, 5) is 29.5. The van der Waals surface area contributed by atoms with Gasteiger partial charge in [0.05, 0.1) is 28.0 Å². The predicted molar refractivity (Wildman–Crippen MR) is 105 cm³/mol. The molecule has 0 amide bonds. The first-order valence-electron chi connectivity index (χ1n) is 8.88. The smallest absolute Gasteiger partial charge is 0.287 e. The fraction of sp³-hybridized carbons (Fsp3) is 0.316. The van der Waals surface area contributed by atoms with Crippen molar-refractivity contribution in [3.8, 4) is 0 Å². The molecule has 1 aliphatic carbocycles. The van der Waals surface area contributed by atoms with Gasteiger partial charge in [-0.05, 0) is 50.1 Å². The molecule has 0 aliphatic heterocycles. The monoisotopic (exact) mass is 400 g/mol. The third kappa shape index (κ3) is 3.27. The Morgan fingerprint density at radius 3 is 2.57 bits per heavy atom. The topological polar surface area (TPSA) is 103 Å². The van der Waals surface area contributed by atoms with E-state index in [0.717, 1.165) is 17.4 Å². The molecule has 4 rings (SSSR count). The van der Waals surface area contributed by atoms with Crippen molar-refractivity contribution in [3.05, 3.63) is 69.1 Å². The number of nitrogens with one attached hydrogen (secondary N) is 1. The fourth-order valence-electron chi connectivity index (χ4n) is 3.12. The summed E-state index contributed by atoms with van der Waals surface area (Å²) in [6.07, 6.45) is 3.19. The first kappa shape index (κ1) is 18.6. The van der Waals surface area contributed by atoms with Crippen LogP contribution >= 0.6 is 0 Å². The molecule has 0 atom stereocenters. The van der Waals surface area contributed by atoms with E-state index in [1.54, 1.807) is 18.3 Å². The second-order valence-corrected chi connectivity index (χ2v) is 9.08. The number of hydrogen-bond donors (Lipinski definition) is 1. The van der Waals surface area contributed by atoms with Gasteiger partial charge in [0, 0.05) is 18.8 Å². The van der Waals surface area contributed by atoms with Crippen LogP contribution in [-0.2, 0) is 23.6 Å². The number of hydrogen-bond acceptors (Lipinski definition) is 5. The molecule has 2 aromatic heterocycles. The maximum absolute atomic E-state index is 12.7. The first-order valence-corrected chi connectivity index (χ1v) is 10.4. The lowest BCUT2D eigenvalue weighted by atomic mass is 10.2. The van der Waals surface area contributed by atoms with Crippen molar-refractivity contribution in [2.45, 2.75) is 36.7 Å². The Morgan fingerprint density at radius 1 is 1.18 bits per heavy atom. The second kappa shape index (κ2) is 6.39. The molecule has 1 aromatic carbocycles. The normalized spacial score (nSPS) is 15.6. The van der Waals surface area contributed by atoms with Crippen molar-refractivity contribution in [2.24, 2.45) is 7.05 Å². The van der Waals surface area contributed by atoms with Crippen LogP contribution in [0.2, 0.25) is 0 Å². The summed E-state index contributed by atoms with van der Waals surface area (Å²) in [6, 6.07) is 9.62. The molecule has 0 saturated heterocycles. The van der Waals surface area contributed by atoms with Gasteiger partial charge in [0.1, 0.15) is 0 Å². The highest BCUT2D eigenvalue weighted by atomic mass is 32.2. The molecule has 0 unspecified atom stereocenters. The van der Waals surface area contributed by atoms with Gasteiger partial charge < -0.3 is 0 Å². The van der Waals surface area contributed by atoms with Crippen LogP contribution in [-0.4, -0.2) is 28.1 Å². The Morgan fingerprint density at radius 2 is 1.93 bits per heavy atom. The van der Waals surface area contributed by atoms with Gasteiger partial charge in [-0.3, -0.25) is 18.9 Å². The van der Waals surface area contributed by atoms with Crippen molar-refractivity contribution < 1.29 is 8.42 Å². The quantitative estimate of drug-likeness (QED) is 0.688. The van der Waals surface area contributed by atoms with E-state index in [9.17, 15) is 18.0 Å². The highest BCUT2D eigenvalue weighted by molar-refractivity contribution is 7.89. The van der Waals surface area contributed by atoms with E-state index < -0.39 is 26.8 Å². The largest absolute Gasteiger partial charge is 0.331 e. The summed E-state index contributed by atoms with van der Waals surface area (Å²) in [6.45, 7) is 2.02. The molecule has 2 heterocycles. The fourth-order valence-corrected chi connectivity index (χ4v) is 4.61. The molecular weight excluding hydrogens is 380 g/mol. The molecule has 9 heteroatoms. The molecule has 1 fully saturated rings. The number of pyridine rings is 1. The molecule has 0 radical (unpaired) electrons. The number of rotatable bonds is 5. The molecule has 3 aromatic rings. The number of sulfonamides is 1. The zero-order valence-electron chi connectivity index (χ0n) is 15.5. The first-order chi connectivity index (χ1) is 13.2. The highest BCUT2D eigenvalue weighted by Crippen LogP contribution is 2.36. The Labute approximate surface area is 161 Å². The summed E-state index contributed by atoms with van der Waals surface area (Å²) >= 11 is 0. The maximum atomic E-state index is 12.7. The molecular formula is C19H20N4O4S. The molecule has 8 nitrogen and oxygen atoms in total.